The average Bonchev–Trinajstić information content (AvgIpc) is 3.03. The minimum absolute atomic E-state index is 0.205. The van der Waals surface area contributed by atoms with Crippen LogP contribution < -0.4 is 16.2 Å². The fraction of sp³-hybridized carbons (Fsp3) is 0.538. The number of aliphatic hydroxyl groups is 1. The van der Waals surface area contributed by atoms with Crippen molar-refractivity contribution in [1.82, 2.24) is 19.3 Å². The van der Waals surface area contributed by atoms with Gasteiger partial charge in [0.25, 0.3) is 0 Å². The number of hydrazine groups is 1. The highest BCUT2D eigenvalue weighted by atomic mass is 16.3. The maximum absolute atomic E-state index is 10.0. The SMILES string of the molecule is CN(C)CC1CC(O)CN1c1nc(NN)cn2ccnc12. The van der Waals surface area contributed by atoms with E-state index >= 15 is 0 Å². The van der Waals surface area contributed by atoms with Crippen molar-refractivity contribution < 1.29 is 5.11 Å². The smallest absolute Gasteiger partial charge is 0.180 e. The van der Waals surface area contributed by atoms with E-state index in [1.807, 2.05) is 24.7 Å². The number of rotatable bonds is 4. The van der Waals surface area contributed by atoms with Crippen LogP contribution in [0.3, 0.4) is 0 Å². The lowest BCUT2D eigenvalue weighted by Crippen LogP contribution is -2.38. The third kappa shape index (κ3) is 2.65. The number of nitrogens with zero attached hydrogens (tertiary/aromatic N) is 5. The number of aromatic nitrogens is 3. The molecule has 2 atom stereocenters. The number of aliphatic hydroxyl groups excluding tert-OH is 1. The van der Waals surface area contributed by atoms with Crippen molar-refractivity contribution in [1.29, 1.82) is 0 Å². The number of hydrogen-bond donors (Lipinski definition) is 3. The Bertz CT molecular complexity index is 626. The fourth-order valence-corrected chi connectivity index (χ4v) is 2.92. The van der Waals surface area contributed by atoms with Gasteiger partial charge in [0.15, 0.2) is 17.3 Å². The molecule has 1 aliphatic rings. The summed E-state index contributed by atoms with van der Waals surface area (Å²) in [5.41, 5.74) is 3.35. The monoisotopic (exact) mass is 291 g/mol. The van der Waals surface area contributed by atoms with Crippen LogP contribution in [0.5, 0.6) is 0 Å². The molecule has 0 aromatic carbocycles. The lowest BCUT2D eigenvalue weighted by atomic mass is 10.2. The quantitative estimate of drug-likeness (QED) is 0.517. The van der Waals surface area contributed by atoms with Gasteiger partial charge in [-0.1, -0.05) is 0 Å². The summed E-state index contributed by atoms with van der Waals surface area (Å²) in [4.78, 5) is 13.1. The molecule has 0 radical (unpaired) electrons. The molecular weight excluding hydrogens is 270 g/mol. The van der Waals surface area contributed by atoms with Crippen LogP contribution >= 0.6 is 0 Å². The zero-order valence-electron chi connectivity index (χ0n) is 12.3. The van der Waals surface area contributed by atoms with E-state index in [2.05, 4.69) is 25.2 Å². The van der Waals surface area contributed by atoms with Gasteiger partial charge in [-0.3, -0.25) is 0 Å². The molecule has 3 rings (SSSR count). The molecule has 0 bridgehead atoms. The summed E-state index contributed by atoms with van der Waals surface area (Å²) in [6, 6.07) is 0.205. The van der Waals surface area contributed by atoms with Crippen molar-refractivity contribution in [2.75, 3.05) is 37.5 Å². The molecule has 0 saturated carbocycles. The maximum Gasteiger partial charge on any atom is 0.180 e. The van der Waals surface area contributed by atoms with Crippen molar-refractivity contribution in [2.45, 2.75) is 18.6 Å². The zero-order valence-corrected chi connectivity index (χ0v) is 12.3. The maximum atomic E-state index is 10.0. The predicted octanol–water partition coefficient (Wildman–Crippen LogP) is -0.484. The Morgan fingerprint density at radius 1 is 1.52 bits per heavy atom. The highest BCUT2D eigenvalue weighted by Crippen LogP contribution is 2.28. The Balaban J connectivity index is 2.03. The predicted molar refractivity (Wildman–Crippen MR) is 81.1 cm³/mol. The molecule has 4 N–H and O–H groups in total. The number of imidazole rings is 1. The van der Waals surface area contributed by atoms with Gasteiger partial charge in [-0.2, -0.15) is 0 Å². The highest BCUT2D eigenvalue weighted by molar-refractivity contribution is 5.67. The first kappa shape index (κ1) is 14.1. The number of β-amino-alcohol motifs (C(OH)–C–C–N with tert-alkyl or cyclic N) is 1. The van der Waals surface area contributed by atoms with E-state index in [0.29, 0.717) is 12.4 Å². The van der Waals surface area contributed by atoms with Crippen molar-refractivity contribution in [3.63, 3.8) is 0 Å². The number of likely N-dealkylation sites (N-methyl/N-ethyl adjacent to an activating group) is 1. The zero-order chi connectivity index (χ0) is 15.0. The minimum Gasteiger partial charge on any atom is -0.391 e. The second-order valence-corrected chi connectivity index (χ2v) is 5.71. The lowest BCUT2D eigenvalue weighted by molar-refractivity contribution is 0.191. The van der Waals surface area contributed by atoms with Gasteiger partial charge in [-0.15, -0.1) is 0 Å². The second-order valence-electron chi connectivity index (χ2n) is 5.71. The summed E-state index contributed by atoms with van der Waals surface area (Å²) in [6.07, 6.45) is 5.76. The highest BCUT2D eigenvalue weighted by Gasteiger charge is 2.33. The molecular formula is C13H21N7O. The standard InChI is InChI=1S/C13H21N7O/c1-18(2)6-9-5-10(21)7-20(9)13-12-15-3-4-19(12)8-11(16-13)17-14/h3-4,8-10,17,21H,5-7,14H2,1-2H3. The summed E-state index contributed by atoms with van der Waals surface area (Å²) in [7, 11) is 4.05. The first-order valence-corrected chi connectivity index (χ1v) is 6.98. The Hall–Kier alpha value is -1.90. The molecule has 2 unspecified atom stereocenters. The molecule has 0 amide bonds. The van der Waals surface area contributed by atoms with Crippen LogP contribution in [0.25, 0.3) is 5.65 Å². The van der Waals surface area contributed by atoms with Crippen LogP contribution in [0.4, 0.5) is 11.6 Å². The van der Waals surface area contributed by atoms with Gasteiger partial charge in [0.1, 0.15) is 0 Å². The lowest BCUT2D eigenvalue weighted by Gasteiger charge is -2.28. The van der Waals surface area contributed by atoms with Gasteiger partial charge in [0.2, 0.25) is 0 Å². The Kier molecular flexibility index (Phi) is 3.66. The van der Waals surface area contributed by atoms with Crippen LogP contribution in [-0.2, 0) is 0 Å². The second kappa shape index (κ2) is 5.47. The van der Waals surface area contributed by atoms with Gasteiger partial charge < -0.3 is 24.7 Å². The van der Waals surface area contributed by atoms with Crippen LogP contribution in [0, 0.1) is 0 Å². The number of nitrogens with one attached hydrogen (secondary N) is 1. The molecule has 1 saturated heterocycles. The van der Waals surface area contributed by atoms with Crippen LogP contribution in [0.15, 0.2) is 18.6 Å². The third-order valence-corrected chi connectivity index (χ3v) is 3.74. The van der Waals surface area contributed by atoms with E-state index < -0.39 is 0 Å². The fourth-order valence-electron chi connectivity index (χ4n) is 2.92. The van der Waals surface area contributed by atoms with Crippen LogP contribution in [-0.4, -0.2) is 63.7 Å². The number of nitrogen functional groups attached to an aromatic ring is 1. The first-order chi connectivity index (χ1) is 10.1. The van der Waals surface area contributed by atoms with Crippen molar-refractivity contribution in [3.05, 3.63) is 18.6 Å². The molecule has 0 spiro atoms. The third-order valence-electron chi connectivity index (χ3n) is 3.74. The van der Waals surface area contributed by atoms with E-state index in [-0.39, 0.29) is 12.1 Å². The number of fused-ring (bicyclic) bond motifs is 1. The van der Waals surface area contributed by atoms with Gasteiger partial charge in [-0.05, 0) is 20.5 Å². The van der Waals surface area contributed by atoms with E-state index in [9.17, 15) is 5.11 Å². The number of hydrogen-bond acceptors (Lipinski definition) is 7. The molecule has 21 heavy (non-hydrogen) atoms. The van der Waals surface area contributed by atoms with Crippen LogP contribution in [0.1, 0.15) is 6.42 Å². The Morgan fingerprint density at radius 2 is 2.33 bits per heavy atom. The van der Waals surface area contributed by atoms with Crippen LogP contribution in [0.2, 0.25) is 0 Å². The van der Waals surface area contributed by atoms with Gasteiger partial charge >= 0.3 is 0 Å². The van der Waals surface area contributed by atoms with Crippen molar-refractivity contribution in [3.8, 4) is 0 Å². The minimum atomic E-state index is -0.346. The molecule has 3 heterocycles. The van der Waals surface area contributed by atoms with Gasteiger partial charge in [-0.25, -0.2) is 15.8 Å². The number of anilines is 2. The van der Waals surface area contributed by atoms with Gasteiger partial charge in [0.05, 0.1) is 12.3 Å². The molecule has 8 heteroatoms. The molecule has 8 nitrogen and oxygen atoms in total. The Morgan fingerprint density at radius 3 is 3.05 bits per heavy atom. The topological polar surface area (TPSA) is 95.0 Å². The normalized spacial score (nSPS) is 22.4. The molecule has 1 fully saturated rings. The molecule has 2 aromatic heterocycles. The van der Waals surface area contributed by atoms with E-state index in [1.54, 1.807) is 12.4 Å². The molecule has 0 aliphatic carbocycles. The Labute approximate surface area is 123 Å². The van der Waals surface area contributed by atoms with E-state index in [4.69, 9.17) is 5.84 Å². The first-order valence-electron chi connectivity index (χ1n) is 6.98. The largest absolute Gasteiger partial charge is 0.391 e. The molecule has 1 aliphatic heterocycles. The summed E-state index contributed by atoms with van der Waals surface area (Å²) in [5.74, 6) is 6.82. The molecule has 114 valence electrons. The molecule has 2 aromatic rings. The van der Waals surface area contributed by atoms with Crippen molar-refractivity contribution >= 4 is 17.3 Å². The van der Waals surface area contributed by atoms with Gasteiger partial charge in [0, 0.05) is 31.5 Å². The van der Waals surface area contributed by atoms with E-state index in [0.717, 1.165) is 24.4 Å². The summed E-state index contributed by atoms with van der Waals surface area (Å²) >= 11 is 0. The average molecular weight is 291 g/mol. The summed E-state index contributed by atoms with van der Waals surface area (Å²) in [6.45, 7) is 1.41. The summed E-state index contributed by atoms with van der Waals surface area (Å²) < 4.78 is 1.88. The number of nitrogens with two attached hydrogens (primary N) is 1. The van der Waals surface area contributed by atoms with Crippen molar-refractivity contribution in [2.24, 2.45) is 5.84 Å². The van der Waals surface area contributed by atoms with E-state index in [1.165, 1.54) is 0 Å². The summed E-state index contributed by atoms with van der Waals surface area (Å²) in [5, 5.41) is 10.0.